The minimum atomic E-state index is -4.57. The van der Waals surface area contributed by atoms with Crippen LogP contribution in [0.3, 0.4) is 0 Å². The van der Waals surface area contributed by atoms with Crippen LogP contribution in [-0.2, 0) is 6.42 Å². The van der Waals surface area contributed by atoms with Gasteiger partial charge in [0.25, 0.3) is 5.91 Å². The third-order valence-electron chi connectivity index (χ3n) is 5.32. The number of alkyl halides is 3. The molecular weight excluding hydrogens is 533 g/mol. The van der Waals surface area contributed by atoms with Gasteiger partial charge in [-0.1, -0.05) is 35.9 Å². The Bertz CT molecular complexity index is 1360. The van der Waals surface area contributed by atoms with Crippen LogP contribution in [0.2, 0.25) is 5.02 Å². The number of rotatable bonds is 6. The van der Waals surface area contributed by atoms with E-state index < -0.39 is 18.6 Å². The first-order valence-corrected chi connectivity index (χ1v) is 11.5. The van der Waals surface area contributed by atoms with Gasteiger partial charge in [-0.3, -0.25) is 4.79 Å². The highest BCUT2D eigenvalue weighted by atomic mass is 79.9. The number of halogens is 5. The summed E-state index contributed by atoms with van der Waals surface area (Å²) in [5.41, 5.74) is 2.42. The Morgan fingerprint density at radius 1 is 1.21 bits per heavy atom. The van der Waals surface area contributed by atoms with Crippen molar-refractivity contribution in [3.8, 4) is 11.3 Å². The molecule has 0 saturated carbocycles. The Hall–Kier alpha value is -2.91. The summed E-state index contributed by atoms with van der Waals surface area (Å²) in [4.78, 5) is 25.7. The molecule has 0 saturated heterocycles. The third kappa shape index (κ3) is 5.42. The minimum absolute atomic E-state index is 0.0211. The smallest absolute Gasteiger partial charge is 0.361 e. The molecular formula is C24H19BrClF3N4O. The predicted octanol–water partition coefficient (Wildman–Crippen LogP) is 6.60. The highest BCUT2D eigenvalue weighted by Gasteiger charge is 2.34. The number of hydrogen-bond donors (Lipinski definition) is 1. The molecule has 10 heteroatoms. The maximum atomic E-state index is 13.4. The maximum absolute atomic E-state index is 13.4. The van der Waals surface area contributed by atoms with Crippen molar-refractivity contribution in [3.63, 3.8) is 0 Å². The lowest BCUT2D eigenvalue weighted by atomic mass is 10.1. The van der Waals surface area contributed by atoms with E-state index in [-0.39, 0.29) is 24.2 Å². The van der Waals surface area contributed by atoms with Crippen LogP contribution in [0, 0.1) is 6.92 Å². The number of carbonyl (C=O) groups excluding carboxylic acids is 1. The summed E-state index contributed by atoms with van der Waals surface area (Å²) in [6, 6.07) is 12.5. The van der Waals surface area contributed by atoms with Gasteiger partial charge in [0, 0.05) is 39.9 Å². The van der Waals surface area contributed by atoms with Gasteiger partial charge >= 0.3 is 6.18 Å². The van der Waals surface area contributed by atoms with Crippen molar-refractivity contribution in [2.45, 2.75) is 19.5 Å². The van der Waals surface area contributed by atoms with Crippen LogP contribution in [0.1, 0.15) is 21.7 Å². The predicted molar refractivity (Wildman–Crippen MR) is 129 cm³/mol. The van der Waals surface area contributed by atoms with Crippen molar-refractivity contribution < 1.29 is 18.0 Å². The summed E-state index contributed by atoms with van der Waals surface area (Å²) in [7, 11) is 0. The zero-order valence-electron chi connectivity index (χ0n) is 18.0. The largest absolute Gasteiger partial charge is 0.406 e. The minimum Gasteiger partial charge on any atom is -0.361 e. The molecule has 0 aliphatic carbocycles. The summed E-state index contributed by atoms with van der Waals surface area (Å²) in [5.74, 6) is -0.419. The average Bonchev–Trinajstić information content (AvgIpc) is 3.20. The number of aryl methyl sites for hydroxylation is 1. The van der Waals surface area contributed by atoms with Gasteiger partial charge in [0.05, 0.1) is 16.3 Å². The Labute approximate surface area is 207 Å². The number of benzene rings is 2. The first kappa shape index (κ1) is 24.2. The molecule has 1 amide bonds. The van der Waals surface area contributed by atoms with Crippen LogP contribution in [-0.4, -0.2) is 45.0 Å². The number of nitrogens with zero attached hydrogens (tertiary/aromatic N) is 3. The molecule has 0 radical (unpaired) electrons. The van der Waals surface area contributed by atoms with Crippen molar-refractivity contribution in [2.75, 3.05) is 13.1 Å². The lowest BCUT2D eigenvalue weighted by Crippen LogP contribution is -2.40. The molecule has 176 valence electrons. The molecule has 5 nitrogen and oxygen atoms in total. The lowest BCUT2D eigenvalue weighted by Gasteiger charge is -2.25. The normalized spacial score (nSPS) is 11.7. The molecule has 34 heavy (non-hydrogen) atoms. The van der Waals surface area contributed by atoms with E-state index in [1.165, 1.54) is 6.20 Å². The molecule has 0 spiro atoms. The quantitative estimate of drug-likeness (QED) is 0.294. The van der Waals surface area contributed by atoms with E-state index in [1.54, 1.807) is 31.3 Å². The summed E-state index contributed by atoms with van der Waals surface area (Å²) < 4.78 is 40.9. The second kappa shape index (κ2) is 9.76. The molecule has 4 rings (SSSR count). The Morgan fingerprint density at radius 2 is 1.97 bits per heavy atom. The van der Waals surface area contributed by atoms with E-state index in [0.29, 0.717) is 20.9 Å². The second-order valence-corrected chi connectivity index (χ2v) is 9.02. The maximum Gasteiger partial charge on any atom is 0.406 e. The van der Waals surface area contributed by atoms with Crippen LogP contribution in [0.5, 0.6) is 0 Å². The fourth-order valence-corrected chi connectivity index (χ4v) is 4.15. The number of hydrogen-bond acceptors (Lipinski definition) is 3. The first-order valence-electron chi connectivity index (χ1n) is 10.3. The third-order valence-corrected chi connectivity index (χ3v) is 6.55. The van der Waals surface area contributed by atoms with E-state index in [9.17, 15) is 18.0 Å². The van der Waals surface area contributed by atoms with Gasteiger partial charge in [0.1, 0.15) is 12.4 Å². The van der Waals surface area contributed by atoms with Crippen molar-refractivity contribution >= 4 is 44.3 Å². The summed E-state index contributed by atoms with van der Waals surface area (Å²) in [5, 5.41) is 1.30. The van der Waals surface area contributed by atoms with E-state index in [0.717, 1.165) is 21.4 Å². The zero-order valence-corrected chi connectivity index (χ0v) is 20.3. The highest BCUT2D eigenvalue weighted by molar-refractivity contribution is 9.10. The first-order chi connectivity index (χ1) is 16.1. The topological polar surface area (TPSA) is 61.9 Å². The summed E-state index contributed by atoms with van der Waals surface area (Å²) in [6.45, 7) is 0.125. The number of carbonyl (C=O) groups is 1. The summed E-state index contributed by atoms with van der Waals surface area (Å²) >= 11 is 9.51. The number of H-pyrrole nitrogens is 1. The van der Waals surface area contributed by atoms with E-state index in [4.69, 9.17) is 11.6 Å². The second-order valence-electron chi connectivity index (χ2n) is 7.76. The molecule has 0 aliphatic heterocycles. The molecule has 0 aliphatic rings. The van der Waals surface area contributed by atoms with Crippen LogP contribution in [0.25, 0.3) is 22.2 Å². The highest BCUT2D eigenvalue weighted by Crippen LogP contribution is 2.31. The molecule has 0 fully saturated rings. The number of nitrogens with one attached hydrogen (secondary N) is 1. The molecule has 2 aromatic carbocycles. The van der Waals surface area contributed by atoms with Gasteiger partial charge in [0.2, 0.25) is 0 Å². The molecule has 2 heterocycles. The molecule has 0 atom stereocenters. The van der Waals surface area contributed by atoms with Crippen LogP contribution < -0.4 is 0 Å². The van der Waals surface area contributed by atoms with Gasteiger partial charge < -0.3 is 9.88 Å². The molecule has 0 unspecified atom stereocenters. The van der Waals surface area contributed by atoms with E-state index in [1.807, 2.05) is 24.3 Å². The Balaban J connectivity index is 1.68. The van der Waals surface area contributed by atoms with Crippen LogP contribution in [0.4, 0.5) is 13.2 Å². The van der Waals surface area contributed by atoms with Crippen molar-refractivity contribution in [2.24, 2.45) is 0 Å². The van der Waals surface area contributed by atoms with Gasteiger partial charge in [-0.05, 0) is 53.0 Å². The monoisotopic (exact) mass is 550 g/mol. The van der Waals surface area contributed by atoms with Crippen molar-refractivity contribution in [1.82, 2.24) is 19.9 Å². The summed E-state index contributed by atoms with van der Waals surface area (Å²) in [6.07, 6.45) is -1.29. The lowest BCUT2D eigenvalue weighted by molar-refractivity contribution is -0.140. The van der Waals surface area contributed by atoms with E-state index in [2.05, 4.69) is 30.9 Å². The van der Waals surface area contributed by atoms with Gasteiger partial charge in [-0.25, -0.2) is 9.97 Å². The van der Waals surface area contributed by atoms with Gasteiger partial charge in [-0.15, -0.1) is 0 Å². The Kier molecular flexibility index (Phi) is 6.95. The number of amides is 1. The number of aromatic nitrogens is 3. The van der Waals surface area contributed by atoms with Crippen molar-refractivity contribution in [1.29, 1.82) is 0 Å². The zero-order chi connectivity index (χ0) is 24.5. The van der Waals surface area contributed by atoms with Crippen molar-refractivity contribution in [3.05, 3.63) is 81.3 Å². The molecule has 0 bridgehead atoms. The van der Waals surface area contributed by atoms with Gasteiger partial charge in [-0.2, -0.15) is 13.2 Å². The van der Waals surface area contributed by atoms with Gasteiger partial charge in [0.15, 0.2) is 0 Å². The number of para-hydroxylation sites is 1. The fourth-order valence-electron chi connectivity index (χ4n) is 3.72. The Morgan fingerprint density at radius 3 is 2.71 bits per heavy atom. The molecule has 2 aromatic heterocycles. The average molecular weight is 552 g/mol. The molecule has 4 aromatic rings. The standard InChI is InChI=1S/C24H19BrClF3N4O/c1-14-30-12-18(22(32-14)15-6-7-19(25)20(26)10-15)23(34)33(13-24(27,28)29)9-8-16-11-31-21-5-3-2-4-17(16)21/h2-7,10-12,31H,8-9,13H2,1H3. The fraction of sp³-hybridized carbons (Fsp3) is 0.208. The van der Waals surface area contributed by atoms with Crippen LogP contribution >= 0.6 is 27.5 Å². The van der Waals surface area contributed by atoms with E-state index >= 15 is 0 Å². The number of aromatic amines is 1. The van der Waals surface area contributed by atoms with Crippen LogP contribution in [0.15, 0.2) is 59.3 Å². The number of fused-ring (bicyclic) bond motifs is 1. The SMILES string of the molecule is Cc1ncc(C(=O)N(CCc2c[nH]c3ccccc23)CC(F)(F)F)c(-c2ccc(Br)c(Cl)c2)n1. The molecule has 1 N–H and O–H groups in total.